The molecule has 5 atom stereocenters. The van der Waals surface area contributed by atoms with Crippen LogP contribution in [0.25, 0.3) is 0 Å². The number of rotatable bonds is 3. The van der Waals surface area contributed by atoms with Crippen LogP contribution in [0.5, 0.6) is 0 Å². The van der Waals surface area contributed by atoms with E-state index in [9.17, 15) is 0 Å². The largest absolute Gasteiger partial charge is 0.374 e. The van der Waals surface area contributed by atoms with Crippen molar-refractivity contribution in [2.75, 3.05) is 0 Å². The Hall–Kier alpha value is -0.0800. The van der Waals surface area contributed by atoms with Crippen molar-refractivity contribution in [3.05, 3.63) is 0 Å². The molecular formula is C14H27NO. The van der Waals surface area contributed by atoms with E-state index in [2.05, 4.69) is 20.8 Å². The van der Waals surface area contributed by atoms with Crippen LogP contribution in [0.4, 0.5) is 0 Å². The highest BCUT2D eigenvalue weighted by Gasteiger charge is 2.50. The van der Waals surface area contributed by atoms with Crippen LogP contribution < -0.4 is 5.73 Å². The van der Waals surface area contributed by atoms with Gasteiger partial charge in [-0.15, -0.1) is 0 Å². The molecule has 0 aromatic rings. The van der Waals surface area contributed by atoms with Crippen LogP contribution in [-0.2, 0) is 4.74 Å². The summed E-state index contributed by atoms with van der Waals surface area (Å²) in [6, 6.07) is 0.349. The number of ether oxygens (including phenoxy) is 1. The topological polar surface area (TPSA) is 35.2 Å². The first-order valence-electron chi connectivity index (χ1n) is 6.99. The second-order valence-electron chi connectivity index (χ2n) is 6.13. The molecule has 0 amide bonds. The lowest BCUT2D eigenvalue weighted by Gasteiger charge is -2.53. The van der Waals surface area contributed by atoms with Crippen molar-refractivity contribution < 1.29 is 4.74 Å². The number of nitrogens with two attached hydrogens (primary N) is 1. The summed E-state index contributed by atoms with van der Waals surface area (Å²) in [5, 5.41) is 0. The van der Waals surface area contributed by atoms with E-state index in [4.69, 9.17) is 10.5 Å². The Morgan fingerprint density at radius 2 is 2.00 bits per heavy atom. The van der Waals surface area contributed by atoms with Gasteiger partial charge in [-0.2, -0.15) is 0 Å². The first-order chi connectivity index (χ1) is 7.58. The van der Waals surface area contributed by atoms with Crippen LogP contribution in [0.2, 0.25) is 0 Å². The maximum absolute atomic E-state index is 6.34. The van der Waals surface area contributed by atoms with Crippen LogP contribution in [0, 0.1) is 11.3 Å². The van der Waals surface area contributed by atoms with Crippen molar-refractivity contribution in [1.29, 1.82) is 0 Å². The fourth-order valence-corrected chi connectivity index (χ4v) is 3.24. The lowest BCUT2D eigenvalue weighted by molar-refractivity contribution is -0.166. The number of hydrogen-bond donors (Lipinski definition) is 1. The van der Waals surface area contributed by atoms with E-state index in [1.807, 2.05) is 0 Å². The third-order valence-electron chi connectivity index (χ3n) is 5.18. The van der Waals surface area contributed by atoms with E-state index in [1.54, 1.807) is 0 Å². The lowest BCUT2D eigenvalue weighted by Crippen LogP contribution is -2.61. The van der Waals surface area contributed by atoms with Gasteiger partial charge in [0.15, 0.2) is 0 Å². The van der Waals surface area contributed by atoms with Crippen LogP contribution in [0.3, 0.4) is 0 Å². The first kappa shape index (κ1) is 12.4. The van der Waals surface area contributed by atoms with Gasteiger partial charge in [0.25, 0.3) is 0 Å². The molecule has 2 nitrogen and oxygen atoms in total. The SMILES string of the molecule is CCC1(C)C(N)CC1OC1CCCCC1C. The van der Waals surface area contributed by atoms with Gasteiger partial charge < -0.3 is 10.5 Å². The maximum atomic E-state index is 6.34. The minimum Gasteiger partial charge on any atom is -0.374 e. The van der Waals surface area contributed by atoms with Gasteiger partial charge in [0.1, 0.15) is 0 Å². The van der Waals surface area contributed by atoms with Gasteiger partial charge in [-0.1, -0.05) is 33.6 Å². The van der Waals surface area contributed by atoms with E-state index >= 15 is 0 Å². The second kappa shape index (κ2) is 4.66. The Kier molecular flexibility index (Phi) is 3.60. The van der Waals surface area contributed by atoms with Gasteiger partial charge in [-0.05, 0) is 31.6 Å². The van der Waals surface area contributed by atoms with Crippen molar-refractivity contribution in [2.24, 2.45) is 17.1 Å². The molecule has 16 heavy (non-hydrogen) atoms. The van der Waals surface area contributed by atoms with Crippen molar-refractivity contribution >= 4 is 0 Å². The van der Waals surface area contributed by atoms with Gasteiger partial charge in [0, 0.05) is 11.5 Å². The molecule has 0 aliphatic heterocycles. The van der Waals surface area contributed by atoms with Gasteiger partial charge in [-0.3, -0.25) is 0 Å². The zero-order valence-electron chi connectivity index (χ0n) is 11.0. The van der Waals surface area contributed by atoms with E-state index in [0.717, 1.165) is 18.8 Å². The molecule has 0 spiro atoms. The van der Waals surface area contributed by atoms with Crippen LogP contribution in [0.1, 0.15) is 59.3 Å². The summed E-state index contributed by atoms with van der Waals surface area (Å²) < 4.78 is 6.34. The van der Waals surface area contributed by atoms with Crippen molar-refractivity contribution in [2.45, 2.75) is 77.5 Å². The smallest absolute Gasteiger partial charge is 0.0662 e. The summed E-state index contributed by atoms with van der Waals surface area (Å²) in [5.41, 5.74) is 6.35. The summed E-state index contributed by atoms with van der Waals surface area (Å²) in [4.78, 5) is 0. The average Bonchev–Trinajstić information content (AvgIpc) is 2.30. The number of hydrogen-bond acceptors (Lipinski definition) is 2. The van der Waals surface area contributed by atoms with Crippen LogP contribution in [0.15, 0.2) is 0 Å². The molecule has 0 aromatic carbocycles. The van der Waals surface area contributed by atoms with E-state index < -0.39 is 0 Å². The molecule has 0 radical (unpaired) electrons. The first-order valence-corrected chi connectivity index (χ1v) is 6.99. The molecule has 0 aromatic heterocycles. The zero-order valence-corrected chi connectivity index (χ0v) is 11.0. The fraction of sp³-hybridized carbons (Fsp3) is 1.00. The highest BCUT2D eigenvalue weighted by Crippen LogP contribution is 2.46. The second-order valence-corrected chi connectivity index (χ2v) is 6.13. The van der Waals surface area contributed by atoms with Gasteiger partial charge >= 0.3 is 0 Å². The lowest BCUT2D eigenvalue weighted by atomic mass is 9.62. The van der Waals surface area contributed by atoms with Crippen molar-refractivity contribution in [1.82, 2.24) is 0 Å². The fourth-order valence-electron chi connectivity index (χ4n) is 3.24. The Bertz CT molecular complexity index is 243. The molecule has 2 heteroatoms. The molecule has 0 heterocycles. The van der Waals surface area contributed by atoms with Gasteiger partial charge in [-0.25, -0.2) is 0 Å². The Morgan fingerprint density at radius 3 is 2.56 bits per heavy atom. The summed E-state index contributed by atoms with van der Waals surface area (Å²) in [6.07, 6.45) is 8.44. The molecular weight excluding hydrogens is 198 g/mol. The monoisotopic (exact) mass is 225 g/mol. The standard InChI is InChI=1S/C14H27NO/c1-4-14(3)12(15)9-13(14)16-11-8-6-5-7-10(11)2/h10-13H,4-9,15H2,1-3H3. The zero-order chi connectivity index (χ0) is 11.8. The summed E-state index contributed by atoms with van der Waals surface area (Å²) in [6.45, 7) is 6.87. The Balaban J connectivity index is 1.90. The summed E-state index contributed by atoms with van der Waals surface area (Å²) in [5.74, 6) is 0.742. The molecule has 0 bridgehead atoms. The normalized spacial score (nSPS) is 48.8. The van der Waals surface area contributed by atoms with E-state index in [-0.39, 0.29) is 5.41 Å². The van der Waals surface area contributed by atoms with Gasteiger partial charge in [0.05, 0.1) is 12.2 Å². The minimum atomic E-state index is 0.233. The molecule has 2 saturated carbocycles. The maximum Gasteiger partial charge on any atom is 0.0662 e. The Labute approximate surface area is 99.9 Å². The highest BCUT2D eigenvalue weighted by molar-refractivity contribution is 5.03. The molecule has 2 N–H and O–H groups in total. The molecule has 94 valence electrons. The molecule has 2 aliphatic rings. The van der Waals surface area contributed by atoms with Crippen LogP contribution >= 0.6 is 0 Å². The average molecular weight is 225 g/mol. The predicted octanol–water partition coefficient (Wildman–Crippen LogP) is 3.10. The third-order valence-corrected chi connectivity index (χ3v) is 5.18. The quantitative estimate of drug-likeness (QED) is 0.801. The predicted molar refractivity (Wildman–Crippen MR) is 67.3 cm³/mol. The molecule has 2 fully saturated rings. The van der Waals surface area contributed by atoms with E-state index in [1.165, 1.54) is 25.7 Å². The molecule has 2 aliphatic carbocycles. The third kappa shape index (κ3) is 2.02. The van der Waals surface area contributed by atoms with Crippen molar-refractivity contribution in [3.8, 4) is 0 Å². The summed E-state index contributed by atoms with van der Waals surface area (Å²) in [7, 11) is 0. The van der Waals surface area contributed by atoms with Crippen molar-refractivity contribution in [3.63, 3.8) is 0 Å². The minimum absolute atomic E-state index is 0.233. The highest BCUT2D eigenvalue weighted by atomic mass is 16.5. The Morgan fingerprint density at radius 1 is 1.31 bits per heavy atom. The van der Waals surface area contributed by atoms with E-state index in [0.29, 0.717) is 18.2 Å². The molecule has 5 unspecified atom stereocenters. The van der Waals surface area contributed by atoms with Gasteiger partial charge in [0.2, 0.25) is 0 Å². The molecule has 0 saturated heterocycles. The summed E-state index contributed by atoms with van der Waals surface area (Å²) >= 11 is 0. The molecule has 2 rings (SSSR count). The van der Waals surface area contributed by atoms with Crippen LogP contribution in [-0.4, -0.2) is 18.2 Å².